The second-order valence-electron chi connectivity index (χ2n) is 4.40. The van der Waals surface area contributed by atoms with Crippen LogP contribution in [0.4, 0.5) is 4.39 Å². The number of nitrogens with zero attached hydrogens (tertiary/aromatic N) is 1. The zero-order valence-electron chi connectivity index (χ0n) is 9.83. The lowest BCUT2D eigenvalue weighted by molar-refractivity contribution is 0.0734. The van der Waals surface area contributed by atoms with E-state index in [1.807, 2.05) is 0 Å². The fourth-order valence-corrected chi connectivity index (χ4v) is 2.85. The molecule has 1 aromatic carbocycles. The molecule has 1 unspecified atom stereocenters. The smallest absolute Gasteiger partial charge is 0.255 e. The molecule has 2 rings (SSSR count). The van der Waals surface area contributed by atoms with Crippen molar-refractivity contribution in [3.63, 3.8) is 0 Å². The lowest BCUT2D eigenvalue weighted by Crippen LogP contribution is -2.35. The monoisotopic (exact) mass is 289 g/mol. The van der Waals surface area contributed by atoms with Crippen molar-refractivity contribution in [3.05, 3.63) is 34.6 Å². The van der Waals surface area contributed by atoms with Gasteiger partial charge >= 0.3 is 0 Å². The fraction of sp³-hybridized carbons (Fsp3) is 0.462. The van der Waals surface area contributed by atoms with Gasteiger partial charge in [-0.1, -0.05) is 11.6 Å². The number of hydrogen-bond donors (Lipinski definition) is 0. The van der Waals surface area contributed by atoms with Gasteiger partial charge in [-0.2, -0.15) is 0 Å². The molecule has 2 nitrogen and oxygen atoms in total. The molecule has 0 bridgehead atoms. The maximum Gasteiger partial charge on any atom is 0.255 e. The Hall–Kier alpha value is -0.800. The second kappa shape index (κ2) is 5.89. The number of halogens is 3. The van der Waals surface area contributed by atoms with Gasteiger partial charge in [-0.15, -0.1) is 11.6 Å². The first-order valence-electron chi connectivity index (χ1n) is 5.95. The summed E-state index contributed by atoms with van der Waals surface area (Å²) in [6.45, 7) is 0.716. The van der Waals surface area contributed by atoms with Crippen LogP contribution in [-0.4, -0.2) is 29.3 Å². The zero-order valence-corrected chi connectivity index (χ0v) is 11.3. The Morgan fingerprint density at radius 1 is 1.50 bits per heavy atom. The fourth-order valence-electron chi connectivity index (χ4n) is 2.35. The van der Waals surface area contributed by atoms with Crippen LogP contribution in [0.2, 0.25) is 5.02 Å². The van der Waals surface area contributed by atoms with E-state index in [0.29, 0.717) is 18.0 Å². The highest BCUT2D eigenvalue weighted by Crippen LogP contribution is 2.26. The summed E-state index contributed by atoms with van der Waals surface area (Å²) < 4.78 is 13.0. The van der Waals surface area contributed by atoms with E-state index in [-0.39, 0.29) is 17.0 Å². The Kier molecular flexibility index (Phi) is 4.46. The molecule has 0 N–H and O–H groups in total. The Balaban J connectivity index is 2.20. The molecule has 0 radical (unpaired) electrons. The van der Waals surface area contributed by atoms with E-state index in [9.17, 15) is 9.18 Å². The lowest BCUT2D eigenvalue weighted by atomic mass is 10.1. The highest BCUT2D eigenvalue weighted by atomic mass is 35.5. The number of hydrogen-bond acceptors (Lipinski definition) is 1. The second-order valence-corrected chi connectivity index (χ2v) is 5.18. The maximum absolute atomic E-state index is 13.0. The highest BCUT2D eigenvalue weighted by Gasteiger charge is 2.29. The van der Waals surface area contributed by atoms with Crippen molar-refractivity contribution in [2.24, 2.45) is 0 Å². The molecule has 1 atom stereocenters. The molecule has 1 fully saturated rings. The average Bonchev–Trinajstić information content (AvgIpc) is 2.77. The number of alkyl halides is 1. The van der Waals surface area contributed by atoms with E-state index in [0.717, 1.165) is 19.3 Å². The Morgan fingerprint density at radius 2 is 2.28 bits per heavy atom. The SMILES string of the molecule is O=C(c1ccc(F)cc1Cl)N1CCCC1CCCl. The van der Waals surface area contributed by atoms with Crippen molar-refractivity contribution in [2.45, 2.75) is 25.3 Å². The average molecular weight is 290 g/mol. The molecule has 1 amide bonds. The minimum Gasteiger partial charge on any atom is -0.336 e. The van der Waals surface area contributed by atoms with Crippen LogP contribution in [0.5, 0.6) is 0 Å². The molecule has 0 aliphatic carbocycles. The number of likely N-dealkylation sites (tertiary alicyclic amines) is 1. The van der Waals surface area contributed by atoms with Crippen molar-refractivity contribution in [1.29, 1.82) is 0 Å². The van der Waals surface area contributed by atoms with E-state index in [1.54, 1.807) is 4.90 Å². The predicted octanol–water partition coefficient (Wildman–Crippen LogP) is 3.71. The summed E-state index contributed by atoms with van der Waals surface area (Å²) >= 11 is 11.7. The molecule has 1 saturated heterocycles. The molecule has 0 aromatic heterocycles. The summed E-state index contributed by atoms with van der Waals surface area (Å²) in [5, 5.41) is 0.163. The third-order valence-corrected chi connectivity index (χ3v) is 3.77. The topological polar surface area (TPSA) is 20.3 Å². The van der Waals surface area contributed by atoms with Crippen LogP contribution in [0.1, 0.15) is 29.6 Å². The standard InChI is InChI=1S/C13H14Cl2FNO/c14-6-5-10-2-1-7-17(10)13(18)11-4-3-9(16)8-12(11)15/h3-4,8,10H,1-2,5-7H2. The first kappa shape index (κ1) is 13.6. The Morgan fingerprint density at radius 3 is 2.94 bits per heavy atom. The van der Waals surface area contributed by atoms with Gasteiger partial charge in [0.05, 0.1) is 10.6 Å². The van der Waals surface area contributed by atoms with Crippen LogP contribution in [0.25, 0.3) is 0 Å². The lowest BCUT2D eigenvalue weighted by Gasteiger charge is -2.24. The zero-order chi connectivity index (χ0) is 13.1. The summed E-state index contributed by atoms with van der Waals surface area (Å²) in [4.78, 5) is 14.1. The molecule has 0 spiro atoms. The summed E-state index contributed by atoms with van der Waals surface area (Å²) in [6.07, 6.45) is 2.73. The molecule has 1 aliphatic rings. The Labute approximate surface area is 116 Å². The molecule has 1 heterocycles. The van der Waals surface area contributed by atoms with E-state index in [1.165, 1.54) is 18.2 Å². The molecule has 18 heavy (non-hydrogen) atoms. The van der Waals surface area contributed by atoms with Gasteiger partial charge in [0.1, 0.15) is 5.82 Å². The molecule has 5 heteroatoms. The van der Waals surface area contributed by atoms with E-state index >= 15 is 0 Å². The summed E-state index contributed by atoms with van der Waals surface area (Å²) in [5.74, 6) is -0.0334. The quantitative estimate of drug-likeness (QED) is 0.777. The van der Waals surface area contributed by atoms with Crippen molar-refractivity contribution < 1.29 is 9.18 Å². The molecule has 0 saturated carbocycles. The van der Waals surface area contributed by atoms with Gasteiger partial charge in [-0.3, -0.25) is 4.79 Å². The molecular weight excluding hydrogens is 276 g/mol. The van der Waals surface area contributed by atoms with Gasteiger partial charge in [0.2, 0.25) is 0 Å². The van der Waals surface area contributed by atoms with Crippen molar-refractivity contribution in [1.82, 2.24) is 4.90 Å². The van der Waals surface area contributed by atoms with E-state index in [2.05, 4.69) is 0 Å². The number of carbonyl (C=O) groups is 1. The minimum atomic E-state index is -0.435. The van der Waals surface area contributed by atoms with E-state index < -0.39 is 5.82 Å². The van der Waals surface area contributed by atoms with Gasteiger partial charge in [-0.25, -0.2) is 4.39 Å². The highest BCUT2D eigenvalue weighted by molar-refractivity contribution is 6.33. The van der Waals surface area contributed by atoms with Gasteiger partial charge < -0.3 is 4.90 Å². The first-order valence-corrected chi connectivity index (χ1v) is 6.86. The molecule has 98 valence electrons. The van der Waals surface area contributed by atoms with Gasteiger partial charge in [0.15, 0.2) is 0 Å². The van der Waals surface area contributed by atoms with Gasteiger partial charge in [0, 0.05) is 18.5 Å². The normalized spacial score (nSPS) is 19.3. The van der Waals surface area contributed by atoms with Gasteiger partial charge in [-0.05, 0) is 37.5 Å². The first-order chi connectivity index (χ1) is 8.63. The third kappa shape index (κ3) is 2.78. The largest absolute Gasteiger partial charge is 0.336 e. The Bertz CT molecular complexity index is 453. The summed E-state index contributed by atoms with van der Waals surface area (Å²) in [7, 11) is 0. The molecule has 1 aliphatic heterocycles. The number of rotatable bonds is 3. The summed E-state index contributed by atoms with van der Waals surface area (Å²) in [5.41, 5.74) is 0.361. The van der Waals surface area contributed by atoms with Crippen molar-refractivity contribution >= 4 is 29.1 Å². The number of amides is 1. The van der Waals surface area contributed by atoms with Crippen LogP contribution < -0.4 is 0 Å². The van der Waals surface area contributed by atoms with Crippen LogP contribution in [0, 0.1) is 5.82 Å². The van der Waals surface area contributed by atoms with Crippen LogP contribution >= 0.6 is 23.2 Å². The number of carbonyl (C=O) groups excluding carboxylic acids is 1. The van der Waals surface area contributed by atoms with Crippen LogP contribution in [-0.2, 0) is 0 Å². The molecular formula is C13H14Cl2FNO. The minimum absolute atomic E-state index is 0.132. The third-order valence-electron chi connectivity index (χ3n) is 3.24. The number of benzene rings is 1. The maximum atomic E-state index is 13.0. The van der Waals surface area contributed by atoms with E-state index in [4.69, 9.17) is 23.2 Å². The van der Waals surface area contributed by atoms with Crippen LogP contribution in [0.15, 0.2) is 18.2 Å². The predicted molar refractivity (Wildman–Crippen MR) is 70.8 cm³/mol. The van der Waals surface area contributed by atoms with Crippen molar-refractivity contribution in [2.75, 3.05) is 12.4 Å². The summed E-state index contributed by atoms with van der Waals surface area (Å²) in [6, 6.07) is 4.04. The van der Waals surface area contributed by atoms with Crippen molar-refractivity contribution in [3.8, 4) is 0 Å². The van der Waals surface area contributed by atoms with Gasteiger partial charge in [0.25, 0.3) is 5.91 Å². The molecule has 1 aromatic rings. The van der Waals surface area contributed by atoms with Crippen LogP contribution in [0.3, 0.4) is 0 Å².